The van der Waals surface area contributed by atoms with Gasteiger partial charge in [-0.25, -0.2) is 0 Å². The molecule has 1 N–H and O–H groups in total. The normalized spacial score (nSPS) is 11.8. The number of rotatable bonds is 6. The van der Waals surface area contributed by atoms with Crippen LogP contribution in [0.25, 0.3) is 0 Å². The number of aromatic nitrogens is 2. The standard InChI is InChI=1S/C15H16ClF3N4O2/c1-3-13-21-22-14(25-13)8-23(2)7-12(24)20-9-4-5-11(16)10(6-9)15(17,18)19/h4-6H,3,7-8H2,1-2H3,(H,20,24). The van der Waals surface area contributed by atoms with E-state index in [-0.39, 0.29) is 18.8 Å². The monoisotopic (exact) mass is 376 g/mol. The quantitative estimate of drug-likeness (QED) is 0.837. The van der Waals surface area contributed by atoms with Gasteiger partial charge in [0.05, 0.1) is 23.7 Å². The number of nitrogens with one attached hydrogen (secondary N) is 1. The molecule has 0 aliphatic carbocycles. The highest BCUT2D eigenvalue weighted by Crippen LogP contribution is 2.36. The minimum Gasteiger partial charge on any atom is -0.424 e. The number of halogens is 4. The third kappa shape index (κ3) is 5.43. The van der Waals surface area contributed by atoms with Crippen molar-refractivity contribution in [3.8, 4) is 0 Å². The molecule has 1 heterocycles. The lowest BCUT2D eigenvalue weighted by Gasteiger charge is -2.15. The Bertz CT molecular complexity index is 749. The maximum absolute atomic E-state index is 12.8. The molecule has 0 atom stereocenters. The molecule has 0 radical (unpaired) electrons. The Morgan fingerprint density at radius 2 is 2.00 bits per heavy atom. The van der Waals surface area contributed by atoms with Crippen LogP contribution in [0.1, 0.15) is 24.3 Å². The molecular weight excluding hydrogens is 361 g/mol. The maximum atomic E-state index is 12.8. The number of alkyl halides is 3. The van der Waals surface area contributed by atoms with E-state index in [1.807, 2.05) is 6.92 Å². The molecule has 10 heteroatoms. The van der Waals surface area contributed by atoms with E-state index in [9.17, 15) is 18.0 Å². The number of aryl methyl sites for hydroxylation is 1. The fraction of sp³-hybridized carbons (Fsp3) is 0.400. The van der Waals surface area contributed by atoms with Gasteiger partial charge in [0, 0.05) is 12.1 Å². The molecule has 0 saturated heterocycles. The minimum absolute atomic E-state index is 0.0150. The van der Waals surface area contributed by atoms with Crippen LogP contribution in [0.5, 0.6) is 0 Å². The Hall–Kier alpha value is -2.13. The summed E-state index contributed by atoms with van der Waals surface area (Å²) < 4.78 is 43.8. The smallest absolute Gasteiger partial charge is 0.417 e. The second-order valence-corrected chi connectivity index (χ2v) is 5.76. The largest absolute Gasteiger partial charge is 0.424 e. The molecule has 1 amide bonds. The Kier molecular flexibility index (Phi) is 6.02. The van der Waals surface area contributed by atoms with Gasteiger partial charge in [0.2, 0.25) is 17.7 Å². The van der Waals surface area contributed by atoms with E-state index in [0.29, 0.717) is 18.2 Å². The summed E-state index contributed by atoms with van der Waals surface area (Å²) in [5.41, 5.74) is -0.987. The molecule has 0 unspecified atom stereocenters. The Balaban J connectivity index is 1.95. The van der Waals surface area contributed by atoms with Crippen molar-refractivity contribution in [1.29, 1.82) is 0 Å². The van der Waals surface area contributed by atoms with E-state index in [4.69, 9.17) is 16.0 Å². The van der Waals surface area contributed by atoms with Gasteiger partial charge in [0.25, 0.3) is 0 Å². The van der Waals surface area contributed by atoms with Crippen LogP contribution in [0.4, 0.5) is 18.9 Å². The third-order valence-corrected chi connectivity index (χ3v) is 3.51. The first-order chi connectivity index (χ1) is 11.7. The Labute approximate surface area is 147 Å². The minimum atomic E-state index is -4.59. The fourth-order valence-electron chi connectivity index (χ4n) is 2.05. The lowest BCUT2D eigenvalue weighted by atomic mass is 10.2. The van der Waals surface area contributed by atoms with Crippen molar-refractivity contribution < 1.29 is 22.4 Å². The fourth-order valence-corrected chi connectivity index (χ4v) is 2.27. The van der Waals surface area contributed by atoms with Crippen LogP contribution in [0, 0.1) is 0 Å². The van der Waals surface area contributed by atoms with Crippen LogP contribution in [0.2, 0.25) is 5.02 Å². The Morgan fingerprint density at radius 1 is 1.32 bits per heavy atom. The van der Waals surface area contributed by atoms with Crippen molar-refractivity contribution >= 4 is 23.2 Å². The molecule has 0 bridgehead atoms. The van der Waals surface area contributed by atoms with Gasteiger partial charge < -0.3 is 9.73 Å². The molecule has 6 nitrogen and oxygen atoms in total. The summed E-state index contributed by atoms with van der Waals surface area (Å²) in [4.78, 5) is 13.6. The van der Waals surface area contributed by atoms with Gasteiger partial charge in [-0.05, 0) is 25.2 Å². The molecule has 1 aromatic carbocycles. The molecule has 2 rings (SSSR count). The van der Waals surface area contributed by atoms with Gasteiger partial charge >= 0.3 is 6.18 Å². The summed E-state index contributed by atoms with van der Waals surface area (Å²) in [6.45, 7) is 2.05. The zero-order chi connectivity index (χ0) is 18.6. The zero-order valence-electron chi connectivity index (χ0n) is 13.5. The second-order valence-electron chi connectivity index (χ2n) is 5.36. The zero-order valence-corrected chi connectivity index (χ0v) is 14.3. The van der Waals surface area contributed by atoms with Crippen LogP contribution >= 0.6 is 11.6 Å². The summed E-state index contributed by atoms with van der Waals surface area (Å²) in [7, 11) is 1.65. The van der Waals surface area contributed by atoms with Crippen LogP contribution < -0.4 is 5.32 Å². The molecule has 0 spiro atoms. The van der Waals surface area contributed by atoms with E-state index in [2.05, 4.69) is 15.5 Å². The van der Waals surface area contributed by atoms with Gasteiger partial charge in [-0.15, -0.1) is 10.2 Å². The van der Waals surface area contributed by atoms with Crippen LogP contribution in [0.3, 0.4) is 0 Å². The lowest BCUT2D eigenvalue weighted by Crippen LogP contribution is -2.30. The molecule has 25 heavy (non-hydrogen) atoms. The highest BCUT2D eigenvalue weighted by Gasteiger charge is 2.33. The van der Waals surface area contributed by atoms with E-state index < -0.39 is 22.7 Å². The highest BCUT2D eigenvalue weighted by atomic mass is 35.5. The summed E-state index contributed by atoms with van der Waals surface area (Å²) in [5, 5.41) is 9.63. The Morgan fingerprint density at radius 3 is 2.60 bits per heavy atom. The average Bonchev–Trinajstić information content (AvgIpc) is 2.95. The maximum Gasteiger partial charge on any atom is 0.417 e. The summed E-state index contributed by atoms with van der Waals surface area (Å²) in [6.07, 6.45) is -3.99. The molecular formula is C15H16ClF3N4O2. The number of carbonyl (C=O) groups excluding carboxylic acids is 1. The van der Waals surface area contributed by atoms with E-state index in [1.165, 1.54) is 6.07 Å². The van der Waals surface area contributed by atoms with Crippen molar-refractivity contribution in [2.24, 2.45) is 0 Å². The summed E-state index contributed by atoms with van der Waals surface area (Å²) in [5.74, 6) is 0.375. The van der Waals surface area contributed by atoms with Gasteiger partial charge in [0.15, 0.2) is 0 Å². The number of carbonyl (C=O) groups is 1. The molecule has 0 aliphatic heterocycles. The predicted octanol–water partition coefficient (Wildman–Crippen LogP) is 3.37. The molecule has 136 valence electrons. The van der Waals surface area contributed by atoms with Crippen molar-refractivity contribution in [2.75, 3.05) is 18.9 Å². The summed E-state index contributed by atoms with van der Waals surface area (Å²) >= 11 is 5.54. The number of amides is 1. The summed E-state index contributed by atoms with van der Waals surface area (Å²) in [6, 6.07) is 3.20. The first kappa shape index (κ1) is 19.2. The van der Waals surface area contributed by atoms with Gasteiger partial charge in [-0.1, -0.05) is 18.5 Å². The van der Waals surface area contributed by atoms with Crippen LogP contribution in [-0.2, 0) is 23.9 Å². The number of hydrogen-bond donors (Lipinski definition) is 1. The molecule has 2 aromatic rings. The van der Waals surface area contributed by atoms with E-state index in [0.717, 1.165) is 12.1 Å². The van der Waals surface area contributed by atoms with Gasteiger partial charge in [-0.2, -0.15) is 13.2 Å². The molecule has 1 aromatic heterocycles. The number of anilines is 1. The predicted molar refractivity (Wildman–Crippen MR) is 85.1 cm³/mol. The van der Waals surface area contributed by atoms with Crippen molar-refractivity contribution in [1.82, 2.24) is 15.1 Å². The van der Waals surface area contributed by atoms with Crippen LogP contribution in [-0.4, -0.2) is 34.6 Å². The second kappa shape index (κ2) is 7.83. The molecule has 0 fully saturated rings. The van der Waals surface area contributed by atoms with E-state index in [1.54, 1.807) is 11.9 Å². The van der Waals surface area contributed by atoms with Crippen LogP contribution in [0.15, 0.2) is 22.6 Å². The first-order valence-electron chi connectivity index (χ1n) is 7.35. The van der Waals surface area contributed by atoms with Crippen molar-refractivity contribution in [2.45, 2.75) is 26.1 Å². The topological polar surface area (TPSA) is 71.3 Å². The van der Waals surface area contributed by atoms with Crippen molar-refractivity contribution in [3.05, 3.63) is 40.6 Å². The average molecular weight is 377 g/mol. The first-order valence-corrected chi connectivity index (χ1v) is 7.73. The number of nitrogens with zero attached hydrogens (tertiary/aromatic N) is 3. The van der Waals surface area contributed by atoms with E-state index >= 15 is 0 Å². The highest BCUT2D eigenvalue weighted by molar-refractivity contribution is 6.31. The number of benzene rings is 1. The SMILES string of the molecule is CCc1nnc(CN(C)CC(=O)Nc2ccc(Cl)c(C(F)(F)F)c2)o1. The van der Waals surface area contributed by atoms with Gasteiger partial charge in [-0.3, -0.25) is 9.69 Å². The number of likely N-dealkylation sites (N-methyl/N-ethyl adjacent to an activating group) is 1. The molecule has 0 saturated carbocycles. The molecule has 0 aliphatic rings. The van der Waals surface area contributed by atoms with Crippen molar-refractivity contribution in [3.63, 3.8) is 0 Å². The third-order valence-electron chi connectivity index (χ3n) is 3.19. The van der Waals surface area contributed by atoms with Gasteiger partial charge in [0.1, 0.15) is 0 Å². The number of hydrogen-bond acceptors (Lipinski definition) is 5. The lowest BCUT2D eigenvalue weighted by molar-refractivity contribution is -0.137.